The number of aldehydes is 1. The van der Waals surface area contributed by atoms with Gasteiger partial charge in [-0.05, 0) is 18.6 Å². The van der Waals surface area contributed by atoms with Gasteiger partial charge in [0.15, 0.2) is 17.9 Å². The Balaban J connectivity index is 1.65. The number of methoxy groups -OCH3 is 1. The molecule has 0 aromatic carbocycles. The van der Waals surface area contributed by atoms with Crippen LogP contribution in [0, 0.1) is 0 Å². The van der Waals surface area contributed by atoms with E-state index in [-0.39, 0.29) is 36.4 Å². The van der Waals surface area contributed by atoms with Gasteiger partial charge in [-0.25, -0.2) is 0 Å². The second kappa shape index (κ2) is 8.84. The van der Waals surface area contributed by atoms with Crippen LogP contribution in [0.15, 0.2) is 53.3 Å². The van der Waals surface area contributed by atoms with Crippen LogP contribution < -0.4 is 5.73 Å². The predicted molar refractivity (Wildman–Crippen MR) is 111 cm³/mol. The second-order valence-corrected chi connectivity index (χ2v) is 6.93. The standard InChI is InChI=1S/C21H20N6O4/c1-30-12-15(29)8-18(22)20-25-24-19-16-4-2-3-5-17(16)21(26-27(19)20)31-11-14-7-6-13(10-28)9-23-14/h2-3,5-10,16H,4,11-12,22H2,1H3. The number of carbonyl (C=O) groups is 2. The van der Waals surface area contributed by atoms with E-state index in [0.717, 1.165) is 11.9 Å². The van der Waals surface area contributed by atoms with E-state index in [1.807, 2.05) is 18.2 Å². The van der Waals surface area contributed by atoms with Crippen molar-refractivity contribution in [1.82, 2.24) is 19.9 Å². The van der Waals surface area contributed by atoms with E-state index in [1.165, 1.54) is 24.1 Å². The average Bonchev–Trinajstić information content (AvgIpc) is 3.22. The minimum Gasteiger partial charge on any atom is -0.470 e. The lowest BCUT2D eigenvalue weighted by atomic mass is 9.90. The molecule has 0 fully saturated rings. The van der Waals surface area contributed by atoms with Crippen LogP contribution >= 0.6 is 0 Å². The van der Waals surface area contributed by atoms with Gasteiger partial charge in [-0.1, -0.05) is 18.2 Å². The number of ether oxygens (including phenoxy) is 2. The fourth-order valence-corrected chi connectivity index (χ4v) is 3.30. The number of hydrogen-bond donors (Lipinski definition) is 1. The molecule has 0 spiro atoms. The van der Waals surface area contributed by atoms with Crippen molar-refractivity contribution >= 4 is 23.7 Å². The third-order valence-electron chi connectivity index (χ3n) is 4.78. The van der Waals surface area contributed by atoms with E-state index in [9.17, 15) is 9.59 Å². The van der Waals surface area contributed by atoms with Crippen molar-refractivity contribution in [3.63, 3.8) is 0 Å². The summed E-state index contributed by atoms with van der Waals surface area (Å²) < 4.78 is 12.3. The Bertz CT molecular complexity index is 1130. The van der Waals surface area contributed by atoms with Crippen LogP contribution in [0.1, 0.15) is 40.0 Å². The first-order valence-corrected chi connectivity index (χ1v) is 9.54. The Kier molecular flexibility index (Phi) is 5.80. The zero-order valence-corrected chi connectivity index (χ0v) is 16.8. The number of nitrogens with zero attached hydrogens (tertiary/aromatic N) is 5. The summed E-state index contributed by atoms with van der Waals surface area (Å²) in [7, 11) is 1.43. The number of fused-ring (bicyclic) bond motifs is 3. The molecule has 2 aromatic rings. The molecule has 1 aliphatic heterocycles. The quantitative estimate of drug-likeness (QED) is 0.524. The number of ketones is 1. The van der Waals surface area contributed by atoms with E-state index in [2.05, 4.69) is 20.3 Å². The van der Waals surface area contributed by atoms with Gasteiger partial charge in [0.25, 0.3) is 0 Å². The molecular weight excluding hydrogens is 400 g/mol. The van der Waals surface area contributed by atoms with Gasteiger partial charge in [-0.3, -0.25) is 14.6 Å². The molecular formula is C21H20N6O4. The molecule has 0 radical (unpaired) electrons. The van der Waals surface area contributed by atoms with E-state index in [4.69, 9.17) is 15.2 Å². The lowest BCUT2D eigenvalue weighted by Crippen LogP contribution is -2.26. The maximum absolute atomic E-state index is 11.9. The van der Waals surface area contributed by atoms with E-state index in [0.29, 0.717) is 29.4 Å². The summed E-state index contributed by atoms with van der Waals surface area (Å²) in [5.41, 5.74) is 8.23. The highest BCUT2D eigenvalue weighted by Crippen LogP contribution is 2.35. The van der Waals surface area contributed by atoms with Crippen LogP contribution in [0.4, 0.5) is 0 Å². The van der Waals surface area contributed by atoms with Gasteiger partial charge in [-0.15, -0.1) is 15.3 Å². The lowest BCUT2D eigenvalue weighted by molar-refractivity contribution is -0.117. The molecule has 1 aliphatic carbocycles. The van der Waals surface area contributed by atoms with Gasteiger partial charge in [0.1, 0.15) is 13.2 Å². The molecule has 2 aliphatic rings. The van der Waals surface area contributed by atoms with Crippen LogP contribution in [-0.2, 0) is 20.9 Å². The minimum atomic E-state index is -0.292. The molecule has 1 unspecified atom stereocenters. The summed E-state index contributed by atoms with van der Waals surface area (Å²) >= 11 is 0. The van der Waals surface area contributed by atoms with Gasteiger partial charge >= 0.3 is 0 Å². The van der Waals surface area contributed by atoms with Crippen molar-refractivity contribution in [1.29, 1.82) is 0 Å². The molecule has 4 rings (SSSR count). The topological polar surface area (TPSA) is 135 Å². The highest BCUT2D eigenvalue weighted by molar-refractivity contribution is 5.98. The highest BCUT2D eigenvalue weighted by atomic mass is 16.5. The minimum absolute atomic E-state index is 0.0878. The number of allylic oxidation sites excluding steroid dienone is 3. The summed E-state index contributed by atoms with van der Waals surface area (Å²) in [6.45, 7) is 0.0751. The summed E-state index contributed by atoms with van der Waals surface area (Å²) in [6, 6.07) is 3.39. The van der Waals surface area contributed by atoms with E-state index in [1.54, 1.807) is 12.1 Å². The first-order valence-electron chi connectivity index (χ1n) is 9.54. The Morgan fingerprint density at radius 2 is 2.23 bits per heavy atom. The Hall–Kier alpha value is -3.92. The normalized spacial score (nSPS) is 17.3. The molecule has 10 nitrogen and oxygen atoms in total. The Morgan fingerprint density at radius 1 is 1.35 bits per heavy atom. The van der Waals surface area contributed by atoms with Gasteiger partial charge in [0.2, 0.25) is 11.7 Å². The fraction of sp³-hybridized carbons (Fsp3) is 0.238. The molecule has 0 saturated heterocycles. The molecule has 158 valence electrons. The third-order valence-corrected chi connectivity index (χ3v) is 4.78. The van der Waals surface area contributed by atoms with E-state index >= 15 is 0 Å². The zero-order valence-electron chi connectivity index (χ0n) is 16.8. The number of nitrogens with two attached hydrogens (primary N) is 1. The van der Waals surface area contributed by atoms with Gasteiger partial charge in [0, 0.05) is 30.5 Å². The maximum Gasteiger partial charge on any atom is 0.236 e. The lowest BCUT2D eigenvalue weighted by Gasteiger charge is -2.26. The number of carbonyl (C=O) groups excluding carboxylic acids is 2. The molecule has 2 N–H and O–H groups in total. The SMILES string of the molecule is COCC(=O)C=C(N)c1nnc2n1N=C(OCc1ccc(C=O)cn1)C1=CC=CCC12. The molecule has 0 bridgehead atoms. The maximum atomic E-state index is 11.9. The van der Waals surface area contributed by atoms with Crippen molar-refractivity contribution in [2.75, 3.05) is 13.7 Å². The van der Waals surface area contributed by atoms with Crippen LogP contribution in [-0.4, -0.2) is 51.5 Å². The highest BCUT2D eigenvalue weighted by Gasteiger charge is 2.34. The monoisotopic (exact) mass is 420 g/mol. The molecule has 3 heterocycles. The van der Waals surface area contributed by atoms with E-state index < -0.39 is 0 Å². The number of pyridine rings is 1. The molecule has 10 heteroatoms. The van der Waals surface area contributed by atoms with Crippen LogP contribution in [0.25, 0.3) is 5.70 Å². The predicted octanol–water partition coefficient (Wildman–Crippen LogP) is 1.36. The number of hydrogen-bond acceptors (Lipinski definition) is 9. The average molecular weight is 420 g/mol. The van der Waals surface area contributed by atoms with Crippen LogP contribution in [0.2, 0.25) is 0 Å². The summed E-state index contributed by atoms with van der Waals surface area (Å²) in [5.74, 6) is 0.857. The Labute approximate surface area is 177 Å². The first-order chi connectivity index (χ1) is 15.1. The summed E-state index contributed by atoms with van der Waals surface area (Å²) in [5, 5.41) is 12.9. The largest absolute Gasteiger partial charge is 0.470 e. The van der Waals surface area contributed by atoms with Crippen molar-refractivity contribution < 1.29 is 19.1 Å². The van der Waals surface area contributed by atoms with Gasteiger partial charge in [0.05, 0.1) is 17.3 Å². The Morgan fingerprint density at radius 3 is 2.97 bits per heavy atom. The van der Waals surface area contributed by atoms with Crippen molar-refractivity contribution in [2.24, 2.45) is 10.8 Å². The smallest absolute Gasteiger partial charge is 0.236 e. The first kappa shape index (κ1) is 20.4. The second-order valence-electron chi connectivity index (χ2n) is 6.93. The van der Waals surface area contributed by atoms with Gasteiger partial charge < -0.3 is 15.2 Å². The summed E-state index contributed by atoms with van der Waals surface area (Å²) in [6.07, 6.45) is 10.1. The molecule has 0 amide bonds. The molecule has 2 aromatic heterocycles. The fourth-order valence-electron chi connectivity index (χ4n) is 3.30. The molecule has 1 atom stereocenters. The van der Waals surface area contributed by atoms with Crippen LogP contribution in [0.5, 0.6) is 0 Å². The molecule has 31 heavy (non-hydrogen) atoms. The summed E-state index contributed by atoms with van der Waals surface area (Å²) in [4.78, 5) is 26.9. The zero-order chi connectivity index (χ0) is 21.8. The third kappa shape index (κ3) is 4.19. The van der Waals surface area contributed by atoms with Crippen molar-refractivity contribution in [3.05, 3.63) is 71.1 Å². The molecule has 0 saturated carbocycles. The number of aromatic nitrogens is 4. The van der Waals surface area contributed by atoms with Crippen molar-refractivity contribution in [3.8, 4) is 0 Å². The van der Waals surface area contributed by atoms with Gasteiger partial charge in [-0.2, -0.15) is 4.68 Å². The van der Waals surface area contributed by atoms with Crippen molar-refractivity contribution in [2.45, 2.75) is 18.9 Å². The number of rotatable bonds is 7. The van der Waals surface area contributed by atoms with Crippen LogP contribution in [0.3, 0.4) is 0 Å².